The molecule has 6 heteroatoms. The molecule has 3 rings (SSSR count). The van der Waals surface area contributed by atoms with Crippen molar-refractivity contribution in [2.24, 2.45) is 0 Å². The molecule has 26 heavy (non-hydrogen) atoms. The first-order valence-electron chi connectivity index (χ1n) is 8.92. The van der Waals surface area contributed by atoms with Crippen LogP contribution in [0.15, 0.2) is 53.0 Å². The van der Waals surface area contributed by atoms with Crippen LogP contribution in [0, 0.1) is 0 Å². The predicted molar refractivity (Wildman–Crippen MR) is 110 cm³/mol. The molecule has 2 aromatic carbocycles. The molecule has 0 radical (unpaired) electrons. The Labute approximate surface area is 164 Å². The van der Waals surface area contributed by atoms with E-state index in [-0.39, 0.29) is 6.10 Å². The van der Waals surface area contributed by atoms with Crippen molar-refractivity contribution in [1.82, 2.24) is 0 Å². The lowest BCUT2D eigenvalue weighted by atomic mass is 10.0. The van der Waals surface area contributed by atoms with Crippen molar-refractivity contribution in [2.45, 2.75) is 45.0 Å². The van der Waals surface area contributed by atoms with Crippen LogP contribution in [0.4, 0.5) is 5.69 Å². The Morgan fingerprint density at radius 3 is 2.27 bits per heavy atom. The van der Waals surface area contributed by atoms with Crippen molar-refractivity contribution >= 4 is 29.2 Å². The van der Waals surface area contributed by atoms with Gasteiger partial charge in [-0.3, -0.25) is 4.57 Å². The van der Waals surface area contributed by atoms with Gasteiger partial charge in [-0.05, 0) is 54.7 Å². The molecular weight excluding hydrogens is 413 g/mol. The fraction of sp³-hybridized carbons (Fsp3) is 0.400. The molecule has 0 saturated carbocycles. The Morgan fingerprint density at radius 1 is 1.08 bits per heavy atom. The molecule has 3 atom stereocenters. The molecule has 1 fully saturated rings. The van der Waals surface area contributed by atoms with Crippen LogP contribution in [-0.4, -0.2) is 12.7 Å². The van der Waals surface area contributed by atoms with Gasteiger partial charge in [0.1, 0.15) is 0 Å². The molecule has 4 nitrogen and oxygen atoms in total. The fourth-order valence-electron chi connectivity index (χ4n) is 2.93. The van der Waals surface area contributed by atoms with Crippen molar-refractivity contribution in [3.8, 4) is 0 Å². The SMILES string of the molecule is CC(C)c1ccc(N[C@@H](c2ccc(Br)cc2)[P@@]2(=O)OCC[C@@H](C)O2)cc1. The second-order valence-corrected chi connectivity index (χ2v) is 9.93. The molecule has 1 aliphatic rings. The van der Waals surface area contributed by atoms with Crippen LogP contribution in [0.5, 0.6) is 0 Å². The van der Waals surface area contributed by atoms with Gasteiger partial charge in [0.25, 0.3) is 0 Å². The minimum absolute atomic E-state index is 0.0855. The Morgan fingerprint density at radius 2 is 1.69 bits per heavy atom. The van der Waals surface area contributed by atoms with Gasteiger partial charge in [-0.2, -0.15) is 0 Å². The van der Waals surface area contributed by atoms with E-state index in [9.17, 15) is 4.57 Å². The molecule has 1 N–H and O–H groups in total. The molecule has 2 aromatic rings. The van der Waals surface area contributed by atoms with Crippen LogP contribution < -0.4 is 5.32 Å². The van der Waals surface area contributed by atoms with Crippen molar-refractivity contribution in [3.05, 3.63) is 64.1 Å². The average molecular weight is 438 g/mol. The number of nitrogens with one attached hydrogen (secondary N) is 1. The molecule has 1 aliphatic heterocycles. The number of hydrogen-bond acceptors (Lipinski definition) is 4. The third-order valence-electron chi connectivity index (χ3n) is 4.51. The molecule has 0 spiro atoms. The lowest BCUT2D eigenvalue weighted by Crippen LogP contribution is -2.23. The van der Waals surface area contributed by atoms with Gasteiger partial charge in [0.2, 0.25) is 0 Å². The van der Waals surface area contributed by atoms with E-state index < -0.39 is 13.4 Å². The van der Waals surface area contributed by atoms with E-state index in [0.29, 0.717) is 12.5 Å². The van der Waals surface area contributed by atoms with Crippen molar-refractivity contribution in [1.29, 1.82) is 0 Å². The number of anilines is 1. The largest absolute Gasteiger partial charge is 0.368 e. The summed E-state index contributed by atoms with van der Waals surface area (Å²) in [6.45, 7) is 6.71. The van der Waals surface area contributed by atoms with E-state index >= 15 is 0 Å². The van der Waals surface area contributed by atoms with Crippen LogP contribution >= 0.6 is 23.5 Å². The van der Waals surface area contributed by atoms with E-state index in [1.807, 2.05) is 43.3 Å². The lowest BCUT2D eigenvalue weighted by Gasteiger charge is -2.34. The molecule has 1 saturated heterocycles. The highest BCUT2D eigenvalue weighted by atomic mass is 79.9. The molecule has 0 aliphatic carbocycles. The molecule has 0 bridgehead atoms. The van der Waals surface area contributed by atoms with E-state index in [2.05, 4.69) is 47.2 Å². The maximum atomic E-state index is 13.5. The topological polar surface area (TPSA) is 47.6 Å². The second-order valence-electron chi connectivity index (χ2n) is 6.95. The standard InChI is InChI=1S/C20H25BrNO3P/c1-14(2)16-6-10-19(11-7-16)22-20(17-4-8-18(21)9-5-17)26(23)24-13-12-15(3)25-26/h4-11,14-15,20,22H,12-13H2,1-3H3/t15-,20-,26-/m1/s1. The van der Waals surface area contributed by atoms with Gasteiger partial charge < -0.3 is 14.4 Å². The van der Waals surface area contributed by atoms with Crippen LogP contribution in [0.3, 0.4) is 0 Å². The fourth-order valence-corrected chi connectivity index (χ4v) is 5.33. The summed E-state index contributed by atoms with van der Waals surface area (Å²) in [6, 6.07) is 16.0. The van der Waals surface area contributed by atoms with E-state index in [1.165, 1.54) is 5.56 Å². The minimum atomic E-state index is -3.34. The first-order chi connectivity index (χ1) is 12.4. The first kappa shape index (κ1) is 19.6. The molecule has 1 heterocycles. The number of halogens is 1. The number of benzene rings is 2. The molecule has 0 amide bonds. The summed E-state index contributed by atoms with van der Waals surface area (Å²) in [5.41, 5.74) is 3.03. The monoisotopic (exact) mass is 437 g/mol. The average Bonchev–Trinajstić information content (AvgIpc) is 2.61. The van der Waals surface area contributed by atoms with Crippen LogP contribution in [0.25, 0.3) is 0 Å². The third-order valence-corrected chi connectivity index (χ3v) is 7.29. The van der Waals surface area contributed by atoms with Gasteiger partial charge in [-0.1, -0.05) is 54.0 Å². The van der Waals surface area contributed by atoms with Gasteiger partial charge in [-0.25, -0.2) is 0 Å². The Bertz CT molecular complexity index is 777. The van der Waals surface area contributed by atoms with E-state index in [4.69, 9.17) is 9.05 Å². The van der Waals surface area contributed by atoms with Gasteiger partial charge in [0.05, 0.1) is 12.7 Å². The molecular formula is C20H25BrNO3P. The van der Waals surface area contributed by atoms with E-state index in [0.717, 1.165) is 22.1 Å². The maximum Gasteiger partial charge on any atom is 0.357 e. The summed E-state index contributed by atoms with van der Waals surface area (Å²) in [4.78, 5) is 0. The number of rotatable bonds is 5. The highest BCUT2D eigenvalue weighted by molar-refractivity contribution is 9.10. The predicted octanol–water partition coefficient (Wildman–Crippen LogP) is 6.70. The van der Waals surface area contributed by atoms with Crippen molar-refractivity contribution in [3.63, 3.8) is 0 Å². The summed E-state index contributed by atoms with van der Waals surface area (Å²) in [5.74, 6) is -0.0845. The normalized spacial score (nSPS) is 24.4. The van der Waals surface area contributed by atoms with Crippen LogP contribution in [0.1, 0.15) is 50.0 Å². The molecule has 0 aromatic heterocycles. The third kappa shape index (κ3) is 4.58. The summed E-state index contributed by atoms with van der Waals surface area (Å²) in [6.07, 6.45) is 0.665. The summed E-state index contributed by atoms with van der Waals surface area (Å²) >= 11 is 3.45. The van der Waals surface area contributed by atoms with Crippen LogP contribution in [0.2, 0.25) is 0 Å². The lowest BCUT2D eigenvalue weighted by molar-refractivity contribution is 0.0887. The van der Waals surface area contributed by atoms with Gasteiger partial charge in [-0.15, -0.1) is 0 Å². The Kier molecular flexibility index (Phi) is 6.24. The zero-order valence-electron chi connectivity index (χ0n) is 15.3. The molecule has 140 valence electrons. The minimum Gasteiger partial charge on any atom is -0.368 e. The molecule has 0 unspecified atom stereocenters. The van der Waals surface area contributed by atoms with Crippen molar-refractivity contribution < 1.29 is 13.6 Å². The maximum absolute atomic E-state index is 13.5. The zero-order chi connectivity index (χ0) is 18.7. The highest BCUT2D eigenvalue weighted by Gasteiger charge is 2.41. The van der Waals surface area contributed by atoms with Gasteiger partial charge in [0, 0.05) is 10.2 Å². The highest BCUT2D eigenvalue weighted by Crippen LogP contribution is 2.63. The van der Waals surface area contributed by atoms with Gasteiger partial charge in [0.15, 0.2) is 5.78 Å². The summed E-state index contributed by atoms with van der Waals surface area (Å²) < 4.78 is 26.0. The Hall–Kier alpha value is -1.13. The second kappa shape index (κ2) is 8.26. The number of hydrogen-bond donors (Lipinski definition) is 1. The van der Waals surface area contributed by atoms with Gasteiger partial charge >= 0.3 is 7.60 Å². The first-order valence-corrected chi connectivity index (χ1v) is 11.3. The van der Waals surface area contributed by atoms with Crippen LogP contribution in [-0.2, 0) is 13.6 Å². The quantitative estimate of drug-likeness (QED) is 0.528. The summed E-state index contributed by atoms with van der Waals surface area (Å²) in [7, 11) is -3.34. The Balaban J connectivity index is 1.92. The summed E-state index contributed by atoms with van der Waals surface area (Å²) in [5, 5.41) is 3.38. The zero-order valence-corrected chi connectivity index (χ0v) is 17.8. The smallest absolute Gasteiger partial charge is 0.357 e. The van der Waals surface area contributed by atoms with Crippen molar-refractivity contribution in [2.75, 3.05) is 11.9 Å². The van der Waals surface area contributed by atoms with E-state index in [1.54, 1.807) is 0 Å².